The van der Waals surface area contributed by atoms with Crippen LogP contribution in [0.15, 0.2) is 0 Å². The van der Waals surface area contributed by atoms with Gasteiger partial charge in [0.15, 0.2) is 0 Å². The van der Waals surface area contributed by atoms with Crippen molar-refractivity contribution in [1.29, 1.82) is 0 Å². The number of hydroxylamine groups is 2. The first-order chi connectivity index (χ1) is 7.91. The highest BCUT2D eigenvalue weighted by Crippen LogP contribution is 2.12. The van der Waals surface area contributed by atoms with Gasteiger partial charge in [-0.15, -0.1) is 5.06 Å². The Morgan fingerprint density at radius 2 is 2.06 bits per heavy atom. The zero-order valence-corrected chi connectivity index (χ0v) is 8.92. The number of rotatable bonds is 5. The van der Waals surface area contributed by atoms with Crippen LogP contribution in [0.25, 0.3) is 0 Å². The molecule has 0 spiro atoms. The smallest absolute Gasteiger partial charge is 0.333 e. The molecule has 2 amide bonds. The summed E-state index contributed by atoms with van der Waals surface area (Å²) in [6.07, 6.45) is -0.479. The highest BCUT2D eigenvalue weighted by atomic mass is 16.7. The minimum Gasteiger partial charge on any atom is -0.481 e. The topological polar surface area (TPSA) is 127 Å². The molecular formula is C9H12N2O6. The van der Waals surface area contributed by atoms with Crippen LogP contribution in [0.1, 0.15) is 25.7 Å². The third-order valence-electron chi connectivity index (χ3n) is 2.10. The molecule has 94 valence electrons. The number of carboxylic acids is 1. The number of carboxylic acid groups (broad SMARTS) is 1. The summed E-state index contributed by atoms with van der Waals surface area (Å²) in [6.45, 7) is 0. The van der Waals surface area contributed by atoms with Gasteiger partial charge >= 0.3 is 11.9 Å². The summed E-state index contributed by atoms with van der Waals surface area (Å²) < 4.78 is 0. The van der Waals surface area contributed by atoms with Crippen LogP contribution in [0.4, 0.5) is 0 Å². The number of carbonyl (C=O) groups is 4. The van der Waals surface area contributed by atoms with Gasteiger partial charge in [0.05, 0.1) is 12.5 Å². The standard InChI is InChI=1S/C9H12N2O6/c10-5-4-6(12)11(9(5)16)17-8(15)3-1-2-7(13)14/h5H,1-4,10H2,(H,13,14). The Hall–Kier alpha value is -1.96. The average molecular weight is 244 g/mol. The maximum Gasteiger partial charge on any atom is 0.333 e. The van der Waals surface area contributed by atoms with Gasteiger partial charge in [0, 0.05) is 12.8 Å². The molecule has 8 heteroatoms. The highest BCUT2D eigenvalue weighted by Gasteiger charge is 2.39. The molecule has 0 aliphatic carbocycles. The van der Waals surface area contributed by atoms with E-state index in [2.05, 4.69) is 4.84 Å². The van der Waals surface area contributed by atoms with Gasteiger partial charge < -0.3 is 15.7 Å². The van der Waals surface area contributed by atoms with Gasteiger partial charge in [-0.1, -0.05) is 0 Å². The summed E-state index contributed by atoms with van der Waals surface area (Å²) in [4.78, 5) is 48.3. The van der Waals surface area contributed by atoms with E-state index in [0.29, 0.717) is 5.06 Å². The number of carbonyl (C=O) groups excluding carboxylic acids is 3. The Balaban J connectivity index is 2.38. The first-order valence-electron chi connectivity index (χ1n) is 4.96. The Morgan fingerprint density at radius 3 is 2.53 bits per heavy atom. The van der Waals surface area contributed by atoms with E-state index < -0.39 is 29.8 Å². The second-order valence-corrected chi connectivity index (χ2v) is 3.55. The second-order valence-electron chi connectivity index (χ2n) is 3.55. The van der Waals surface area contributed by atoms with Gasteiger partial charge in [0.25, 0.3) is 11.8 Å². The number of amides is 2. The van der Waals surface area contributed by atoms with Gasteiger partial charge in [-0.25, -0.2) is 4.79 Å². The molecule has 0 aromatic rings. The second kappa shape index (κ2) is 5.39. The molecule has 0 aromatic heterocycles. The third-order valence-corrected chi connectivity index (χ3v) is 2.10. The average Bonchev–Trinajstić information content (AvgIpc) is 2.44. The molecule has 1 aliphatic heterocycles. The molecule has 0 radical (unpaired) electrons. The first kappa shape index (κ1) is 13.1. The number of hydrogen-bond donors (Lipinski definition) is 2. The zero-order chi connectivity index (χ0) is 13.0. The molecular weight excluding hydrogens is 232 g/mol. The van der Waals surface area contributed by atoms with Crippen molar-refractivity contribution in [2.75, 3.05) is 0 Å². The number of hydrogen-bond acceptors (Lipinski definition) is 6. The Labute approximate surface area is 96.3 Å². The minimum atomic E-state index is -1.03. The van der Waals surface area contributed by atoms with Crippen LogP contribution < -0.4 is 5.73 Å². The fourth-order valence-corrected chi connectivity index (χ4v) is 1.26. The summed E-state index contributed by atoms with van der Waals surface area (Å²) in [5, 5.41) is 8.68. The lowest BCUT2D eigenvalue weighted by atomic mass is 10.2. The lowest BCUT2D eigenvalue weighted by molar-refractivity contribution is -0.197. The molecule has 8 nitrogen and oxygen atoms in total. The van der Waals surface area contributed by atoms with Crippen LogP contribution in [0.3, 0.4) is 0 Å². The predicted molar refractivity (Wildman–Crippen MR) is 52.0 cm³/mol. The summed E-state index contributed by atoms with van der Waals surface area (Å²) >= 11 is 0. The van der Waals surface area contributed by atoms with E-state index in [1.807, 2.05) is 0 Å². The molecule has 0 bridgehead atoms. The van der Waals surface area contributed by atoms with E-state index in [4.69, 9.17) is 10.8 Å². The lowest BCUT2D eigenvalue weighted by Gasteiger charge is -2.12. The van der Waals surface area contributed by atoms with E-state index >= 15 is 0 Å². The molecule has 1 heterocycles. The molecule has 1 atom stereocenters. The largest absolute Gasteiger partial charge is 0.481 e. The first-order valence-corrected chi connectivity index (χ1v) is 4.96. The fraction of sp³-hybridized carbons (Fsp3) is 0.556. The minimum absolute atomic E-state index is 0.0798. The van der Waals surface area contributed by atoms with Gasteiger partial charge in [-0.2, -0.15) is 0 Å². The Morgan fingerprint density at radius 1 is 1.41 bits per heavy atom. The van der Waals surface area contributed by atoms with E-state index in [1.54, 1.807) is 0 Å². The number of aliphatic carboxylic acids is 1. The lowest BCUT2D eigenvalue weighted by Crippen LogP contribution is -2.36. The van der Waals surface area contributed by atoms with Gasteiger partial charge in [-0.05, 0) is 6.42 Å². The van der Waals surface area contributed by atoms with Crippen molar-refractivity contribution >= 4 is 23.8 Å². The quantitative estimate of drug-likeness (QED) is 0.580. The molecule has 1 saturated heterocycles. The van der Waals surface area contributed by atoms with Crippen LogP contribution in [-0.4, -0.2) is 40.0 Å². The normalized spacial score (nSPS) is 19.6. The van der Waals surface area contributed by atoms with Crippen molar-refractivity contribution in [3.8, 4) is 0 Å². The van der Waals surface area contributed by atoms with E-state index in [9.17, 15) is 19.2 Å². The van der Waals surface area contributed by atoms with Crippen molar-refractivity contribution in [3.63, 3.8) is 0 Å². The van der Waals surface area contributed by atoms with Crippen molar-refractivity contribution in [3.05, 3.63) is 0 Å². The predicted octanol–water partition coefficient (Wildman–Crippen LogP) is -1.21. The molecule has 3 N–H and O–H groups in total. The fourth-order valence-electron chi connectivity index (χ4n) is 1.26. The van der Waals surface area contributed by atoms with Crippen molar-refractivity contribution in [2.24, 2.45) is 5.73 Å². The molecule has 1 fully saturated rings. The summed E-state index contributed by atoms with van der Waals surface area (Å²) in [5.41, 5.74) is 5.29. The Bertz CT molecular complexity index is 366. The third kappa shape index (κ3) is 3.52. The SMILES string of the molecule is NC1CC(=O)N(OC(=O)CCCC(=O)O)C1=O. The van der Waals surface area contributed by atoms with Crippen molar-refractivity contribution in [1.82, 2.24) is 5.06 Å². The monoisotopic (exact) mass is 244 g/mol. The van der Waals surface area contributed by atoms with Gasteiger partial charge in [-0.3, -0.25) is 14.4 Å². The summed E-state index contributed by atoms with van der Waals surface area (Å²) in [5.74, 6) is -3.30. The van der Waals surface area contributed by atoms with E-state index in [1.165, 1.54) is 0 Å². The molecule has 1 unspecified atom stereocenters. The van der Waals surface area contributed by atoms with E-state index in [-0.39, 0.29) is 25.7 Å². The van der Waals surface area contributed by atoms with Crippen molar-refractivity contribution in [2.45, 2.75) is 31.7 Å². The number of nitrogens with zero attached hydrogens (tertiary/aromatic N) is 1. The molecule has 0 saturated carbocycles. The molecule has 1 rings (SSSR count). The summed E-state index contributed by atoms with van der Waals surface area (Å²) in [7, 11) is 0. The number of imide groups is 1. The maximum absolute atomic E-state index is 11.2. The van der Waals surface area contributed by atoms with Gasteiger partial charge in [0.1, 0.15) is 0 Å². The zero-order valence-electron chi connectivity index (χ0n) is 8.92. The van der Waals surface area contributed by atoms with Crippen LogP contribution >= 0.6 is 0 Å². The van der Waals surface area contributed by atoms with Gasteiger partial charge in [0.2, 0.25) is 0 Å². The maximum atomic E-state index is 11.2. The van der Waals surface area contributed by atoms with Crippen LogP contribution in [0, 0.1) is 0 Å². The number of nitrogens with two attached hydrogens (primary N) is 1. The van der Waals surface area contributed by atoms with Crippen LogP contribution in [0.5, 0.6) is 0 Å². The Kier molecular flexibility index (Phi) is 4.16. The van der Waals surface area contributed by atoms with E-state index in [0.717, 1.165) is 0 Å². The summed E-state index contributed by atoms with van der Waals surface area (Å²) in [6, 6.07) is -0.977. The van der Waals surface area contributed by atoms with Crippen molar-refractivity contribution < 1.29 is 29.1 Å². The molecule has 0 aromatic carbocycles. The van der Waals surface area contributed by atoms with Crippen LogP contribution in [0.2, 0.25) is 0 Å². The van der Waals surface area contributed by atoms with Crippen LogP contribution in [-0.2, 0) is 24.0 Å². The highest BCUT2D eigenvalue weighted by molar-refractivity contribution is 6.05. The molecule has 1 aliphatic rings. The molecule has 17 heavy (non-hydrogen) atoms.